The van der Waals surface area contributed by atoms with E-state index in [1.807, 2.05) is 0 Å². The lowest BCUT2D eigenvalue weighted by atomic mass is 10.1. The lowest BCUT2D eigenvalue weighted by Gasteiger charge is -2.12. The Kier molecular flexibility index (Phi) is 5.75. The molecule has 2 N–H and O–H groups in total. The molecule has 0 aliphatic carbocycles. The quantitative estimate of drug-likeness (QED) is 0.593. The summed E-state index contributed by atoms with van der Waals surface area (Å²) < 4.78 is 5.02. The van der Waals surface area contributed by atoms with E-state index in [1.165, 1.54) is 6.92 Å². The van der Waals surface area contributed by atoms with Crippen LogP contribution in [0.3, 0.4) is 0 Å². The Hall–Kier alpha value is -2.14. The first-order valence-corrected chi connectivity index (χ1v) is 5.88. The van der Waals surface area contributed by atoms with Crippen molar-refractivity contribution in [3.8, 4) is 0 Å². The van der Waals surface area contributed by atoms with Gasteiger partial charge in [-0.25, -0.2) is 4.79 Å². The van der Waals surface area contributed by atoms with Crippen LogP contribution in [0.2, 0.25) is 0 Å². The molecule has 0 saturated heterocycles. The van der Waals surface area contributed by atoms with Crippen LogP contribution < -0.4 is 5.32 Å². The Balaban J connectivity index is 2.57. The Morgan fingerprint density at radius 2 is 2.05 bits per heavy atom. The van der Waals surface area contributed by atoms with E-state index in [-0.39, 0.29) is 12.5 Å². The summed E-state index contributed by atoms with van der Waals surface area (Å²) in [5, 5.41) is 11.4. The normalized spacial score (nSPS) is 11.5. The highest BCUT2D eigenvalue weighted by Gasteiger charge is 2.18. The molecule has 0 saturated carbocycles. The summed E-state index contributed by atoms with van der Waals surface area (Å²) in [5.74, 6) is -0.953. The molecule has 0 aliphatic heterocycles. The van der Waals surface area contributed by atoms with Crippen LogP contribution in [-0.4, -0.2) is 29.6 Å². The fourth-order valence-electron chi connectivity index (χ4n) is 1.34. The third-order valence-electron chi connectivity index (χ3n) is 2.45. The topological polar surface area (TPSA) is 75.6 Å². The Labute approximate surface area is 111 Å². The summed E-state index contributed by atoms with van der Waals surface area (Å²) in [7, 11) is 0. The van der Waals surface area contributed by atoms with Gasteiger partial charge < -0.3 is 15.2 Å². The van der Waals surface area contributed by atoms with Gasteiger partial charge in [0.25, 0.3) is 5.91 Å². The van der Waals surface area contributed by atoms with Gasteiger partial charge in [-0.3, -0.25) is 4.79 Å². The highest BCUT2D eigenvalue weighted by Crippen LogP contribution is 2.07. The second-order valence-corrected chi connectivity index (χ2v) is 3.94. The van der Waals surface area contributed by atoms with Gasteiger partial charge in [0, 0.05) is 6.54 Å². The van der Waals surface area contributed by atoms with Crippen LogP contribution in [0.15, 0.2) is 36.9 Å². The molecule has 1 amide bonds. The first-order valence-electron chi connectivity index (χ1n) is 5.88. The molecule has 0 heterocycles. The number of rotatable bonds is 6. The highest BCUT2D eigenvalue weighted by atomic mass is 16.5. The Morgan fingerprint density at radius 1 is 1.42 bits per heavy atom. The second-order valence-electron chi connectivity index (χ2n) is 3.94. The third kappa shape index (κ3) is 4.56. The van der Waals surface area contributed by atoms with E-state index in [4.69, 9.17) is 9.84 Å². The van der Waals surface area contributed by atoms with E-state index in [2.05, 4.69) is 11.9 Å². The van der Waals surface area contributed by atoms with Crippen LogP contribution in [0.1, 0.15) is 22.8 Å². The number of hydrogen-bond acceptors (Lipinski definition) is 4. The lowest BCUT2D eigenvalue weighted by Crippen LogP contribution is -2.35. The maximum Gasteiger partial charge on any atom is 0.338 e. The molecule has 0 fully saturated rings. The molecule has 1 aromatic rings. The van der Waals surface area contributed by atoms with Gasteiger partial charge >= 0.3 is 5.97 Å². The van der Waals surface area contributed by atoms with Crippen molar-refractivity contribution >= 4 is 11.9 Å². The molecule has 0 bridgehead atoms. The van der Waals surface area contributed by atoms with Crippen molar-refractivity contribution in [1.29, 1.82) is 0 Å². The van der Waals surface area contributed by atoms with E-state index >= 15 is 0 Å². The number of ether oxygens (including phenoxy) is 1. The standard InChI is InChI=1S/C14H17NO4/c1-3-8-15-13(17)10(2)19-14(18)12-6-4-11(9-16)5-7-12/h3-7,10,16H,1,8-9H2,2H3,(H,15,17)/t10-/m0/s1. The molecule has 1 atom stereocenters. The van der Waals surface area contributed by atoms with Crippen LogP contribution >= 0.6 is 0 Å². The van der Waals surface area contributed by atoms with Crippen molar-refractivity contribution in [3.05, 3.63) is 48.0 Å². The number of carbonyl (C=O) groups is 2. The number of aliphatic hydroxyl groups excluding tert-OH is 1. The van der Waals surface area contributed by atoms with Crippen molar-refractivity contribution in [2.45, 2.75) is 19.6 Å². The van der Waals surface area contributed by atoms with Gasteiger partial charge in [-0.05, 0) is 24.6 Å². The number of hydrogen-bond donors (Lipinski definition) is 2. The molecule has 5 heteroatoms. The van der Waals surface area contributed by atoms with Gasteiger partial charge in [-0.1, -0.05) is 18.2 Å². The monoisotopic (exact) mass is 263 g/mol. The van der Waals surface area contributed by atoms with Gasteiger partial charge in [0.05, 0.1) is 12.2 Å². The minimum absolute atomic E-state index is 0.0876. The summed E-state index contributed by atoms with van der Waals surface area (Å²) in [6, 6.07) is 6.34. The summed E-state index contributed by atoms with van der Waals surface area (Å²) in [4.78, 5) is 23.2. The minimum Gasteiger partial charge on any atom is -0.449 e. The third-order valence-corrected chi connectivity index (χ3v) is 2.45. The predicted octanol–water partition coefficient (Wildman–Crippen LogP) is 1.03. The fraction of sp³-hybridized carbons (Fsp3) is 0.286. The number of esters is 1. The molecule has 19 heavy (non-hydrogen) atoms. The molecule has 1 aromatic carbocycles. The molecule has 0 unspecified atom stereocenters. The van der Waals surface area contributed by atoms with E-state index in [9.17, 15) is 9.59 Å². The second kappa shape index (κ2) is 7.33. The van der Waals surface area contributed by atoms with Crippen molar-refractivity contribution in [1.82, 2.24) is 5.32 Å². The Bertz CT molecular complexity index is 453. The molecule has 0 aromatic heterocycles. The number of aliphatic hydroxyl groups is 1. The largest absolute Gasteiger partial charge is 0.449 e. The van der Waals surface area contributed by atoms with Crippen molar-refractivity contribution < 1.29 is 19.4 Å². The summed E-state index contributed by atoms with van der Waals surface area (Å²) >= 11 is 0. The first-order chi connectivity index (χ1) is 9.08. The highest BCUT2D eigenvalue weighted by molar-refractivity contribution is 5.92. The zero-order valence-electron chi connectivity index (χ0n) is 10.8. The van der Waals surface area contributed by atoms with Crippen molar-refractivity contribution in [2.24, 2.45) is 0 Å². The fourth-order valence-corrected chi connectivity index (χ4v) is 1.34. The maximum atomic E-state index is 11.7. The smallest absolute Gasteiger partial charge is 0.338 e. The van der Waals surface area contributed by atoms with Crippen molar-refractivity contribution in [3.63, 3.8) is 0 Å². The van der Waals surface area contributed by atoms with Gasteiger partial charge in [-0.2, -0.15) is 0 Å². The molecule has 0 aliphatic rings. The van der Waals surface area contributed by atoms with E-state index in [0.717, 1.165) is 0 Å². The van der Waals surface area contributed by atoms with Crippen LogP contribution in [0.5, 0.6) is 0 Å². The number of carbonyl (C=O) groups excluding carboxylic acids is 2. The van der Waals surface area contributed by atoms with Gasteiger partial charge in [0.15, 0.2) is 6.10 Å². The SMILES string of the molecule is C=CCNC(=O)[C@H](C)OC(=O)c1ccc(CO)cc1. The summed E-state index contributed by atoms with van der Waals surface area (Å²) in [5.41, 5.74) is 1.04. The van der Waals surface area contributed by atoms with Crippen LogP contribution in [0.4, 0.5) is 0 Å². The molecule has 1 rings (SSSR count). The number of nitrogens with one attached hydrogen (secondary N) is 1. The molecule has 0 radical (unpaired) electrons. The van der Waals surface area contributed by atoms with E-state index in [0.29, 0.717) is 17.7 Å². The van der Waals surface area contributed by atoms with Gasteiger partial charge in [-0.15, -0.1) is 6.58 Å². The predicted molar refractivity (Wildman–Crippen MR) is 70.4 cm³/mol. The molecule has 102 valence electrons. The van der Waals surface area contributed by atoms with E-state index < -0.39 is 12.1 Å². The average Bonchev–Trinajstić information content (AvgIpc) is 2.44. The zero-order valence-corrected chi connectivity index (χ0v) is 10.8. The number of amides is 1. The average molecular weight is 263 g/mol. The van der Waals surface area contributed by atoms with Crippen molar-refractivity contribution in [2.75, 3.05) is 6.54 Å². The zero-order chi connectivity index (χ0) is 14.3. The van der Waals surface area contributed by atoms with Gasteiger partial charge in [0.2, 0.25) is 0 Å². The van der Waals surface area contributed by atoms with Gasteiger partial charge in [0.1, 0.15) is 0 Å². The van der Waals surface area contributed by atoms with E-state index in [1.54, 1.807) is 30.3 Å². The van der Waals surface area contributed by atoms with Crippen LogP contribution in [-0.2, 0) is 16.1 Å². The number of benzene rings is 1. The molecule has 0 spiro atoms. The molecular formula is C14H17NO4. The molecular weight excluding hydrogens is 246 g/mol. The van der Waals surface area contributed by atoms with Crippen LogP contribution in [0.25, 0.3) is 0 Å². The summed E-state index contributed by atoms with van der Waals surface area (Å²) in [6.45, 7) is 5.21. The minimum atomic E-state index is -0.870. The van der Waals surface area contributed by atoms with Crippen LogP contribution in [0, 0.1) is 0 Å². The Morgan fingerprint density at radius 3 is 2.58 bits per heavy atom. The first kappa shape index (κ1) is 14.9. The lowest BCUT2D eigenvalue weighted by molar-refractivity contribution is -0.128. The maximum absolute atomic E-state index is 11.7. The summed E-state index contributed by atoms with van der Waals surface area (Å²) in [6.07, 6.45) is 0.671. The molecule has 5 nitrogen and oxygen atoms in total.